The van der Waals surface area contributed by atoms with Gasteiger partial charge in [-0.05, 0) is 67.5 Å². The number of benzene rings is 1. The van der Waals surface area contributed by atoms with Crippen molar-refractivity contribution < 1.29 is 9.47 Å². The van der Waals surface area contributed by atoms with Crippen LogP contribution in [0.1, 0.15) is 44.3 Å². The van der Waals surface area contributed by atoms with Crippen LogP contribution in [0.15, 0.2) is 30.5 Å². The predicted octanol–water partition coefficient (Wildman–Crippen LogP) is 5.97. The first-order valence-electron chi connectivity index (χ1n) is 11.1. The van der Waals surface area contributed by atoms with Crippen LogP contribution in [0, 0.1) is 11.8 Å². The first-order chi connectivity index (χ1) is 14.7. The maximum atomic E-state index is 6.63. The van der Waals surface area contributed by atoms with E-state index in [0.717, 1.165) is 53.9 Å². The topological polar surface area (TPSA) is 34.6 Å². The summed E-state index contributed by atoms with van der Waals surface area (Å²) in [6, 6.07) is 8.73. The van der Waals surface area contributed by atoms with Gasteiger partial charge in [-0.25, -0.2) is 0 Å². The minimum atomic E-state index is 0.0654. The molecule has 1 aromatic carbocycles. The molecule has 6 atom stereocenters. The quantitative estimate of drug-likeness (QED) is 0.290. The lowest BCUT2D eigenvalue weighted by Crippen LogP contribution is -2.57. The molecule has 0 spiro atoms. The minimum Gasteiger partial charge on any atom is -0.497 e. The smallest absolute Gasteiger partial charge is 0.119 e. The van der Waals surface area contributed by atoms with E-state index in [-0.39, 0.29) is 6.10 Å². The molecular weight excluding hydrogens is 508 g/mol. The van der Waals surface area contributed by atoms with Crippen molar-refractivity contribution in [1.29, 1.82) is 0 Å². The SMILES string of the molecule is CCCCO[C@H](c1ccnc2ccc(OC)cc12)[C@@H]1C[C@@H]2CCN1C[C@@H]2C(Br)CBr. The fourth-order valence-corrected chi connectivity index (χ4v) is 6.31. The van der Waals surface area contributed by atoms with Gasteiger partial charge in [0.2, 0.25) is 0 Å². The van der Waals surface area contributed by atoms with Gasteiger partial charge in [-0.15, -0.1) is 0 Å². The molecule has 6 heteroatoms. The van der Waals surface area contributed by atoms with Crippen molar-refractivity contribution >= 4 is 42.8 Å². The Labute approximate surface area is 197 Å². The predicted molar refractivity (Wildman–Crippen MR) is 130 cm³/mol. The van der Waals surface area contributed by atoms with E-state index in [1.54, 1.807) is 7.11 Å². The summed E-state index contributed by atoms with van der Waals surface area (Å²) in [5, 5.41) is 2.16. The average molecular weight is 540 g/mol. The maximum Gasteiger partial charge on any atom is 0.119 e. The second-order valence-corrected chi connectivity index (χ2v) is 10.4. The van der Waals surface area contributed by atoms with Gasteiger partial charge < -0.3 is 9.47 Å². The molecule has 0 N–H and O–H groups in total. The van der Waals surface area contributed by atoms with Crippen LogP contribution in [0.4, 0.5) is 0 Å². The van der Waals surface area contributed by atoms with Crippen molar-refractivity contribution in [2.45, 2.75) is 49.6 Å². The van der Waals surface area contributed by atoms with Crippen LogP contribution in [0.25, 0.3) is 10.9 Å². The van der Waals surface area contributed by atoms with Gasteiger partial charge in [0.1, 0.15) is 5.75 Å². The second-order valence-electron chi connectivity index (χ2n) is 8.61. The zero-order valence-corrected chi connectivity index (χ0v) is 21.1. The number of alkyl halides is 2. The summed E-state index contributed by atoms with van der Waals surface area (Å²) in [6.45, 7) is 5.35. The van der Waals surface area contributed by atoms with Crippen molar-refractivity contribution in [3.8, 4) is 5.75 Å². The minimum absolute atomic E-state index is 0.0654. The summed E-state index contributed by atoms with van der Waals surface area (Å²) < 4.78 is 12.1. The molecule has 4 nitrogen and oxygen atoms in total. The number of halogens is 2. The molecule has 0 saturated carbocycles. The zero-order valence-electron chi connectivity index (χ0n) is 17.9. The summed E-state index contributed by atoms with van der Waals surface area (Å²) in [5.74, 6) is 2.33. The lowest BCUT2D eigenvalue weighted by Gasteiger charge is -2.53. The Balaban J connectivity index is 1.67. The van der Waals surface area contributed by atoms with Crippen molar-refractivity contribution in [3.05, 3.63) is 36.0 Å². The molecule has 2 aromatic rings. The summed E-state index contributed by atoms with van der Waals surface area (Å²) in [6.07, 6.45) is 6.73. The summed E-state index contributed by atoms with van der Waals surface area (Å²) >= 11 is 7.59. The molecule has 3 fully saturated rings. The summed E-state index contributed by atoms with van der Waals surface area (Å²) in [4.78, 5) is 7.82. The highest BCUT2D eigenvalue weighted by Gasteiger charge is 2.45. The monoisotopic (exact) mass is 538 g/mol. The molecule has 2 unspecified atom stereocenters. The van der Waals surface area contributed by atoms with Crippen LogP contribution in [0.5, 0.6) is 5.75 Å². The Morgan fingerprint density at radius 2 is 2.17 bits per heavy atom. The number of nitrogens with zero attached hydrogens (tertiary/aromatic N) is 2. The standard InChI is InChI=1S/C24H32Br2N2O2/c1-3-4-11-30-24(18-7-9-27-22-6-5-17(29-2)13-19(18)22)23-12-16-8-10-28(23)15-20(16)21(26)14-25/h5-7,9,13,16,20-21,23-24H,3-4,8,10-12,14-15H2,1-2H3/t16-,20-,21?,23-,24+/m0/s1. The molecule has 3 aliphatic rings. The number of pyridine rings is 1. The van der Waals surface area contributed by atoms with Gasteiger partial charge in [-0.1, -0.05) is 45.2 Å². The molecule has 1 aromatic heterocycles. The first-order valence-corrected chi connectivity index (χ1v) is 13.2. The molecular formula is C24H32Br2N2O2. The molecule has 164 valence electrons. The highest BCUT2D eigenvalue weighted by molar-refractivity contribution is 9.12. The zero-order chi connectivity index (χ0) is 21.1. The van der Waals surface area contributed by atoms with Crippen molar-refractivity contribution in [3.63, 3.8) is 0 Å². The highest BCUT2D eigenvalue weighted by Crippen LogP contribution is 2.45. The van der Waals surface area contributed by atoms with Crippen LogP contribution >= 0.6 is 31.9 Å². The van der Waals surface area contributed by atoms with E-state index in [1.165, 1.54) is 24.9 Å². The maximum absolute atomic E-state index is 6.63. The normalized spacial score (nSPS) is 27.9. The van der Waals surface area contributed by atoms with Gasteiger partial charge in [0.15, 0.2) is 0 Å². The fourth-order valence-electron chi connectivity index (χ4n) is 5.23. The first kappa shape index (κ1) is 22.5. The number of piperidine rings is 3. The fraction of sp³-hybridized carbons (Fsp3) is 0.625. The second kappa shape index (κ2) is 10.3. The lowest BCUT2D eigenvalue weighted by molar-refractivity contribution is -0.0819. The van der Waals surface area contributed by atoms with E-state index in [0.29, 0.717) is 16.8 Å². The van der Waals surface area contributed by atoms with Gasteiger partial charge in [0.05, 0.1) is 18.7 Å². The van der Waals surface area contributed by atoms with Crippen molar-refractivity contribution in [2.24, 2.45) is 11.8 Å². The van der Waals surface area contributed by atoms with E-state index < -0.39 is 0 Å². The Bertz CT molecular complexity index is 849. The molecule has 0 aliphatic carbocycles. The van der Waals surface area contributed by atoms with Gasteiger partial charge in [-0.3, -0.25) is 9.88 Å². The summed E-state index contributed by atoms with van der Waals surface area (Å²) in [5.41, 5.74) is 2.26. The Kier molecular flexibility index (Phi) is 7.71. The molecule has 5 rings (SSSR count). The Hall–Kier alpha value is -0.690. The third kappa shape index (κ3) is 4.57. The number of hydrogen-bond donors (Lipinski definition) is 0. The van der Waals surface area contributed by atoms with E-state index in [2.05, 4.69) is 66.9 Å². The van der Waals surface area contributed by atoms with Crippen LogP contribution in [-0.4, -0.2) is 52.9 Å². The number of aromatic nitrogens is 1. The van der Waals surface area contributed by atoms with Crippen LogP contribution in [0.3, 0.4) is 0 Å². The highest BCUT2D eigenvalue weighted by atomic mass is 79.9. The van der Waals surface area contributed by atoms with Crippen molar-refractivity contribution in [1.82, 2.24) is 9.88 Å². The van der Waals surface area contributed by atoms with Gasteiger partial charge in [-0.2, -0.15) is 0 Å². The Morgan fingerprint density at radius 1 is 1.30 bits per heavy atom. The van der Waals surface area contributed by atoms with E-state index in [1.807, 2.05) is 12.3 Å². The van der Waals surface area contributed by atoms with Crippen LogP contribution in [0.2, 0.25) is 0 Å². The molecule has 2 bridgehead atoms. The van der Waals surface area contributed by atoms with E-state index in [4.69, 9.17) is 9.47 Å². The van der Waals surface area contributed by atoms with Crippen LogP contribution < -0.4 is 4.74 Å². The van der Waals surface area contributed by atoms with Crippen molar-refractivity contribution in [2.75, 3.05) is 32.1 Å². The van der Waals surface area contributed by atoms with E-state index >= 15 is 0 Å². The Morgan fingerprint density at radius 3 is 2.87 bits per heavy atom. The molecule has 0 amide bonds. The third-order valence-corrected chi connectivity index (χ3v) is 9.47. The number of hydrogen-bond acceptors (Lipinski definition) is 4. The van der Waals surface area contributed by atoms with E-state index in [9.17, 15) is 0 Å². The molecule has 4 heterocycles. The number of methoxy groups -OCH3 is 1. The van der Waals surface area contributed by atoms with Gasteiger partial charge >= 0.3 is 0 Å². The largest absolute Gasteiger partial charge is 0.497 e. The number of rotatable bonds is 9. The number of fused-ring (bicyclic) bond motifs is 4. The van der Waals surface area contributed by atoms with Gasteiger partial charge in [0, 0.05) is 40.9 Å². The molecule has 0 radical (unpaired) electrons. The number of unbranched alkanes of at least 4 members (excludes halogenated alkanes) is 1. The summed E-state index contributed by atoms with van der Waals surface area (Å²) in [7, 11) is 1.72. The molecule has 3 aliphatic heterocycles. The van der Waals surface area contributed by atoms with Gasteiger partial charge in [0.25, 0.3) is 0 Å². The number of ether oxygens (including phenoxy) is 2. The third-order valence-electron chi connectivity index (χ3n) is 6.90. The average Bonchev–Trinajstić information content (AvgIpc) is 2.81. The van der Waals surface area contributed by atoms with Crippen LogP contribution in [-0.2, 0) is 4.74 Å². The lowest BCUT2D eigenvalue weighted by atomic mass is 9.72. The molecule has 30 heavy (non-hydrogen) atoms. The molecule has 3 saturated heterocycles.